The van der Waals surface area contributed by atoms with E-state index < -0.39 is 11.7 Å². The number of phenols is 1. The minimum Gasteiger partial charge on any atom is -0.613 e. The zero-order valence-corrected chi connectivity index (χ0v) is 11.2. The summed E-state index contributed by atoms with van der Waals surface area (Å²) < 4.78 is 4.71. The maximum atomic E-state index is 11.9. The van der Waals surface area contributed by atoms with Gasteiger partial charge in [0.15, 0.2) is 5.78 Å². The van der Waals surface area contributed by atoms with Crippen LogP contribution in [0.5, 0.6) is 5.75 Å². The summed E-state index contributed by atoms with van der Waals surface area (Å²) in [5.74, 6) is -1.32. The van der Waals surface area contributed by atoms with Crippen molar-refractivity contribution in [2.24, 2.45) is 0 Å². The Morgan fingerprint density at radius 1 is 1.50 bits per heavy atom. The molecule has 18 heavy (non-hydrogen) atoms. The molecule has 0 radical (unpaired) electrons. The molecule has 0 amide bonds. The number of halogens is 1. The number of rotatable bonds is 4. The molecule has 6 heteroatoms. The predicted octanol–water partition coefficient (Wildman–Crippen LogP) is -1.14. The number of hydrogen-bond donors (Lipinski definition) is 1. The van der Waals surface area contributed by atoms with Gasteiger partial charge in [0.2, 0.25) is 0 Å². The molecule has 0 spiro atoms. The molecule has 0 heterocycles. The van der Waals surface area contributed by atoms with Crippen molar-refractivity contribution in [3.8, 4) is 5.75 Å². The maximum absolute atomic E-state index is 11.9. The summed E-state index contributed by atoms with van der Waals surface area (Å²) in [5, 5.41) is 20.8. The summed E-state index contributed by atoms with van der Waals surface area (Å²) in [7, 11) is 0. The van der Waals surface area contributed by atoms with Crippen molar-refractivity contribution in [1.29, 1.82) is 0 Å². The second-order valence-electron chi connectivity index (χ2n) is 3.34. The summed E-state index contributed by atoms with van der Waals surface area (Å²) in [6.45, 7) is 3.20. The van der Waals surface area contributed by atoms with Gasteiger partial charge in [-0.3, -0.25) is 4.79 Å². The standard InChI is InChI=1S/C12H13ClO4.Li/c1-3-17-12(16)7(2)11(15)9-6-8(14)4-5-10(9)13;/h4-6,14,16H,3H2,1-2H3;/q;+1/p-1. The molecule has 0 aromatic heterocycles. The molecule has 0 bridgehead atoms. The monoisotopic (exact) mass is 262 g/mol. The van der Waals surface area contributed by atoms with Crippen LogP contribution in [-0.4, -0.2) is 17.5 Å². The van der Waals surface area contributed by atoms with Crippen LogP contribution in [0.3, 0.4) is 0 Å². The van der Waals surface area contributed by atoms with E-state index >= 15 is 0 Å². The van der Waals surface area contributed by atoms with Crippen LogP contribution in [0.1, 0.15) is 24.2 Å². The first-order valence-electron chi connectivity index (χ1n) is 5.01. The van der Waals surface area contributed by atoms with Crippen molar-refractivity contribution in [1.82, 2.24) is 0 Å². The van der Waals surface area contributed by atoms with Gasteiger partial charge in [0.1, 0.15) is 5.75 Å². The van der Waals surface area contributed by atoms with E-state index in [-0.39, 0.29) is 47.4 Å². The fourth-order valence-corrected chi connectivity index (χ4v) is 1.42. The number of aromatic hydroxyl groups is 1. The van der Waals surface area contributed by atoms with Crippen LogP contribution in [0.25, 0.3) is 0 Å². The molecule has 0 saturated carbocycles. The van der Waals surface area contributed by atoms with Crippen LogP contribution in [0.2, 0.25) is 5.02 Å². The molecular formula is C12H12ClLiO4. The van der Waals surface area contributed by atoms with Crippen LogP contribution in [0.15, 0.2) is 29.7 Å². The fraction of sp³-hybridized carbons (Fsp3) is 0.250. The van der Waals surface area contributed by atoms with Gasteiger partial charge in [-0.2, -0.15) is 0 Å². The molecule has 4 nitrogen and oxygen atoms in total. The van der Waals surface area contributed by atoms with E-state index in [1.54, 1.807) is 6.92 Å². The maximum Gasteiger partial charge on any atom is 1.00 e. The second kappa shape index (κ2) is 7.37. The minimum absolute atomic E-state index is 0. The Balaban J connectivity index is 0.00000289. The molecule has 0 saturated heterocycles. The van der Waals surface area contributed by atoms with E-state index in [1.807, 2.05) is 0 Å². The van der Waals surface area contributed by atoms with Crippen LogP contribution in [0, 0.1) is 0 Å². The Bertz CT molecular complexity index is 471. The number of phenolic OH excluding ortho intramolecular Hbond substituents is 1. The van der Waals surface area contributed by atoms with Crippen LogP contribution < -0.4 is 24.0 Å². The van der Waals surface area contributed by atoms with E-state index in [1.165, 1.54) is 25.1 Å². The number of carbonyl (C=O) groups excluding carboxylic acids is 1. The summed E-state index contributed by atoms with van der Waals surface area (Å²) in [6.07, 6.45) is 0. The van der Waals surface area contributed by atoms with Gasteiger partial charge in [-0.05, 0) is 31.7 Å². The van der Waals surface area contributed by atoms with Gasteiger partial charge in [0.25, 0.3) is 0 Å². The SMILES string of the molecule is CCOC([O-])=C(C)C(=O)c1cc(O)ccc1Cl.[Li+]. The Hall–Kier alpha value is -1.08. The van der Waals surface area contributed by atoms with Gasteiger partial charge in [-0.1, -0.05) is 18.5 Å². The third-order valence-corrected chi connectivity index (χ3v) is 2.45. The van der Waals surface area contributed by atoms with E-state index in [2.05, 4.69) is 0 Å². The Labute approximate surface area is 122 Å². The van der Waals surface area contributed by atoms with Gasteiger partial charge in [0, 0.05) is 11.1 Å². The second-order valence-corrected chi connectivity index (χ2v) is 3.75. The summed E-state index contributed by atoms with van der Waals surface area (Å²) in [4.78, 5) is 11.9. The molecule has 1 aromatic carbocycles. The molecule has 0 aliphatic heterocycles. The molecule has 0 atom stereocenters. The largest absolute Gasteiger partial charge is 1.00 e. The molecule has 92 valence electrons. The van der Waals surface area contributed by atoms with Gasteiger partial charge >= 0.3 is 18.9 Å². The molecule has 0 aliphatic rings. The number of hydrogen-bond acceptors (Lipinski definition) is 4. The molecule has 1 N–H and O–H groups in total. The minimum atomic E-state index is -0.683. The number of ether oxygens (including phenoxy) is 1. The average Bonchev–Trinajstić information content (AvgIpc) is 2.30. The van der Waals surface area contributed by atoms with E-state index in [0.29, 0.717) is 0 Å². The fourth-order valence-electron chi connectivity index (χ4n) is 1.22. The smallest absolute Gasteiger partial charge is 0.613 e. The van der Waals surface area contributed by atoms with E-state index in [4.69, 9.17) is 16.3 Å². The molecule has 0 fully saturated rings. The third-order valence-electron chi connectivity index (χ3n) is 2.12. The van der Waals surface area contributed by atoms with Crippen molar-refractivity contribution < 1.29 is 38.6 Å². The predicted molar refractivity (Wildman–Crippen MR) is 61.8 cm³/mol. The van der Waals surface area contributed by atoms with Gasteiger partial charge in [0.05, 0.1) is 11.0 Å². The van der Waals surface area contributed by atoms with E-state index in [9.17, 15) is 15.0 Å². The van der Waals surface area contributed by atoms with Crippen molar-refractivity contribution in [2.75, 3.05) is 6.61 Å². The zero-order chi connectivity index (χ0) is 13.0. The van der Waals surface area contributed by atoms with Gasteiger partial charge < -0.3 is 14.9 Å². The first kappa shape index (κ1) is 16.9. The Morgan fingerprint density at radius 2 is 2.11 bits per heavy atom. The number of allylic oxidation sites excluding steroid dienone is 1. The summed E-state index contributed by atoms with van der Waals surface area (Å²) in [6, 6.07) is 3.97. The molecule has 0 aliphatic carbocycles. The van der Waals surface area contributed by atoms with Crippen molar-refractivity contribution >= 4 is 17.4 Å². The first-order chi connectivity index (χ1) is 7.97. The summed E-state index contributed by atoms with van der Waals surface area (Å²) in [5.41, 5.74) is 0.0107. The Morgan fingerprint density at radius 3 is 2.67 bits per heavy atom. The van der Waals surface area contributed by atoms with Crippen molar-refractivity contribution in [3.63, 3.8) is 0 Å². The third kappa shape index (κ3) is 3.99. The van der Waals surface area contributed by atoms with Crippen LogP contribution in [-0.2, 0) is 4.74 Å². The molecule has 1 rings (SSSR count). The van der Waals surface area contributed by atoms with Crippen LogP contribution in [0.4, 0.5) is 0 Å². The number of ketones is 1. The van der Waals surface area contributed by atoms with Gasteiger partial charge in [-0.25, -0.2) is 0 Å². The molecule has 0 unspecified atom stereocenters. The Kier molecular flexibility index (Phi) is 6.93. The summed E-state index contributed by atoms with van der Waals surface area (Å²) >= 11 is 5.82. The van der Waals surface area contributed by atoms with Crippen molar-refractivity contribution in [2.45, 2.75) is 13.8 Å². The first-order valence-corrected chi connectivity index (χ1v) is 5.39. The topological polar surface area (TPSA) is 69.6 Å². The van der Waals surface area contributed by atoms with Gasteiger partial charge in [-0.15, -0.1) is 0 Å². The van der Waals surface area contributed by atoms with Crippen molar-refractivity contribution in [3.05, 3.63) is 40.3 Å². The number of carbonyl (C=O) groups is 1. The zero-order valence-electron chi connectivity index (χ0n) is 10.5. The molecule has 1 aromatic rings. The normalized spacial score (nSPS) is 11.3. The van der Waals surface area contributed by atoms with Crippen LogP contribution >= 0.6 is 11.6 Å². The number of benzene rings is 1. The quantitative estimate of drug-likeness (QED) is 0.322. The number of Topliss-reactive ketones (excluding diaryl/α,β-unsaturated/α-hetero) is 1. The molecular weight excluding hydrogens is 251 g/mol. The average molecular weight is 263 g/mol. The van der Waals surface area contributed by atoms with E-state index in [0.717, 1.165) is 0 Å².